The van der Waals surface area contributed by atoms with Crippen LogP contribution in [0.4, 0.5) is 15.8 Å². The number of hydrogen-bond acceptors (Lipinski definition) is 4. The van der Waals surface area contributed by atoms with Gasteiger partial charge in [-0.3, -0.25) is 4.79 Å². The average molecular weight is 443 g/mol. The zero-order chi connectivity index (χ0) is 22.1. The Labute approximate surface area is 183 Å². The second-order valence-corrected chi connectivity index (χ2v) is 7.51. The maximum absolute atomic E-state index is 14.7. The van der Waals surface area contributed by atoms with Crippen LogP contribution in [-0.2, 0) is 0 Å². The minimum absolute atomic E-state index is 0.0584. The molecule has 3 aromatic rings. The highest BCUT2D eigenvalue weighted by Crippen LogP contribution is 2.43. The van der Waals surface area contributed by atoms with Gasteiger partial charge in [0.25, 0.3) is 5.91 Å². The fraction of sp³-hybridized carbons (Fsp3) is 0.182. The SMILES string of the molecule is C=CCC1CNC(=O)c2c1[nH]c(-c1cc[n+]([O-])cc1F)c2Nc1cccc(Cl)c1OC. The normalized spacial score (nSPS) is 15.2. The number of halogens is 2. The fourth-order valence-corrected chi connectivity index (χ4v) is 4.05. The van der Waals surface area contributed by atoms with Crippen LogP contribution in [0, 0.1) is 11.0 Å². The number of amides is 1. The van der Waals surface area contributed by atoms with Crippen LogP contribution < -0.4 is 20.1 Å². The molecular formula is C22H20ClFN4O3. The Morgan fingerprint density at radius 2 is 2.26 bits per heavy atom. The van der Waals surface area contributed by atoms with Gasteiger partial charge in [-0.15, -0.1) is 6.58 Å². The van der Waals surface area contributed by atoms with E-state index >= 15 is 0 Å². The number of para-hydroxylation sites is 1. The lowest BCUT2D eigenvalue weighted by molar-refractivity contribution is -0.607. The van der Waals surface area contributed by atoms with Crippen molar-refractivity contribution in [1.82, 2.24) is 10.3 Å². The smallest absolute Gasteiger partial charge is 0.255 e. The lowest BCUT2D eigenvalue weighted by atomic mass is 9.93. The Bertz CT molecular complexity index is 1180. The van der Waals surface area contributed by atoms with Crippen molar-refractivity contribution >= 4 is 28.9 Å². The molecule has 1 aromatic carbocycles. The molecule has 0 bridgehead atoms. The number of allylic oxidation sites excluding steroid dienone is 1. The summed E-state index contributed by atoms with van der Waals surface area (Å²) >= 11 is 6.24. The van der Waals surface area contributed by atoms with Gasteiger partial charge in [0.05, 0.1) is 34.8 Å². The molecule has 0 radical (unpaired) electrons. The Morgan fingerprint density at radius 3 is 2.97 bits per heavy atom. The number of fused-ring (bicyclic) bond motifs is 1. The highest BCUT2D eigenvalue weighted by molar-refractivity contribution is 6.32. The first-order valence-electron chi connectivity index (χ1n) is 9.57. The molecule has 0 saturated carbocycles. The van der Waals surface area contributed by atoms with Crippen molar-refractivity contribution in [2.75, 3.05) is 19.0 Å². The number of anilines is 2. The van der Waals surface area contributed by atoms with Gasteiger partial charge in [-0.1, -0.05) is 23.7 Å². The summed E-state index contributed by atoms with van der Waals surface area (Å²) in [6.07, 6.45) is 4.41. The molecule has 0 aliphatic carbocycles. The number of rotatable bonds is 6. The highest BCUT2D eigenvalue weighted by atomic mass is 35.5. The molecule has 31 heavy (non-hydrogen) atoms. The fourth-order valence-electron chi connectivity index (χ4n) is 3.80. The van der Waals surface area contributed by atoms with E-state index in [2.05, 4.69) is 22.2 Å². The van der Waals surface area contributed by atoms with E-state index in [0.717, 1.165) is 6.20 Å². The topological polar surface area (TPSA) is 93.1 Å². The van der Waals surface area contributed by atoms with Gasteiger partial charge >= 0.3 is 0 Å². The first kappa shape index (κ1) is 20.7. The van der Waals surface area contributed by atoms with Gasteiger partial charge in [-0.2, -0.15) is 9.12 Å². The first-order chi connectivity index (χ1) is 14.9. The van der Waals surface area contributed by atoms with Crippen LogP contribution in [-0.4, -0.2) is 24.5 Å². The van der Waals surface area contributed by atoms with E-state index in [1.165, 1.54) is 19.4 Å². The molecule has 7 nitrogen and oxygen atoms in total. The third kappa shape index (κ3) is 3.70. The second kappa shape index (κ2) is 8.31. The number of nitrogens with one attached hydrogen (secondary N) is 3. The zero-order valence-electron chi connectivity index (χ0n) is 16.7. The predicted molar refractivity (Wildman–Crippen MR) is 116 cm³/mol. The maximum atomic E-state index is 14.7. The lowest BCUT2D eigenvalue weighted by Crippen LogP contribution is -2.34. The van der Waals surface area contributed by atoms with Gasteiger partial charge in [0.15, 0.2) is 17.8 Å². The summed E-state index contributed by atoms with van der Waals surface area (Å²) in [6.45, 7) is 4.21. The Hall–Kier alpha value is -3.52. The summed E-state index contributed by atoms with van der Waals surface area (Å²) < 4.78 is 20.5. The molecule has 4 rings (SSSR count). The van der Waals surface area contributed by atoms with Gasteiger partial charge < -0.3 is 25.6 Å². The van der Waals surface area contributed by atoms with Gasteiger partial charge in [0.2, 0.25) is 6.20 Å². The van der Waals surface area contributed by atoms with Crippen LogP contribution >= 0.6 is 11.6 Å². The van der Waals surface area contributed by atoms with E-state index < -0.39 is 5.82 Å². The summed E-state index contributed by atoms with van der Waals surface area (Å²) in [5, 5.41) is 18.0. The van der Waals surface area contributed by atoms with Crippen molar-refractivity contribution in [3.63, 3.8) is 0 Å². The van der Waals surface area contributed by atoms with Gasteiger partial charge in [0.1, 0.15) is 0 Å². The van der Waals surface area contributed by atoms with Crippen LogP contribution in [0.15, 0.2) is 49.3 Å². The van der Waals surface area contributed by atoms with Crippen molar-refractivity contribution in [2.24, 2.45) is 0 Å². The molecule has 1 unspecified atom stereocenters. The number of nitrogens with zero attached hydrogens (tertiary/aromatic N) is 1. The van der Waals surface area contributed by atoms with Crippen LogP contribution in [0.5, 0.6) is 5.75 Å². The van der Waals surface area contributed by atoms with Crippen LogP contribution in [0.3, 0.4) is 0 Å². The lowest BCUT2D eigenvalue weighted by Gasteiger charge is -2.23. The molecule has 3 heterocycles. The van der Waals surface area contributed by atoms with E-state index in [1.807, 2.05) is 0 Å². The number of methoxy groups -OCH3 is 1. The standard InChI is InChI=1S/C22H20ClFN4O3/c1-3-5-12-10-25-22(29)17-18(12)27-19(13-8-9-28(30)11-15(13)24)20(17)26-16-7-4-6-14(23)21(16)31-2/h3-4,6-9,11-12,26-27H,1,5,10H2,2H3,(H,25,29). The number of benzene rings is 1. The molecule has 0 saturated heterocycles. The predicted octanol–water partition coefficient (Wildman–Crippen LogP) is 4.26. The first-order valence-corrected chi connectivity index (χ1v) is 9.95. The highest BCUT2D eigenvalue weighted by Gasteiger charge is 2.33. The third-order valence-corrected chi connectivity index (χ3v) is 5.51. The van der Waals surface area contributed by atoms with Crippen molar-refractivity contribution in [3.8, 4) is 17.0 Å². The van der Waals surface area contributed by atoms with Crippen molar-refractivity contribution in [3.05, 3.63) is 76.6 Å². The third-order valence-electron chi connectivity index (χ3n) is 5.21. The zero-order valence-corrected chi connectivity index (χ0v) is 17.4. The second-order valence-electron chi connectivity index (χ2n) is 7.11. The van der Waals surface area contributed by atoms with Crippen LogP contribution in [0.2, 0.25) is 5.02 Å². The van der Waals surface area contributed by atoms with E-state index in [-0.39, 0.29) is 17.4 Å². The number of aromatic amines is 1. The summed E-state index contributed by atoms with van der Waals surface area (Å²) in [7, 11) is 1.48. The van der Waals surface area contributed by atoms with E-state index in [0.29, 0.717) is 56.8 Å². The molecular weight excluding hydrogens is 423 g/mol. The maximum Gasteiger partial charge on any atom is 0.255 e. The molecule has 9 heteroatoms. The summed E-state index contributed by atoms with van der Waals surface area (Å²) in [4.78, 5) is 16.1. The van der Waals surface area contributed by atoms with Crippen molar-refractivity contribution < 1.29 is 18.7 Å². The van der Waals surface area contributed by atoms with Crippen molar-refractivity contribution in [1.29, 1.82) is 0 Å². The van der Waals surface area contributed by atoms with Crippen LogP contribution in [0.1, 0.15) is 28.4 Å². The monoisotopic (exact) mass is 442 g/mol. The van der Waals surface area contributed by atoms with Crippen LogP contribution in [0.25, 0.3) is 11.3 Å². The molecule has 1 aliphatic rings. The molecule has 3 N–H and O–H groups in total. The number of pyridine rings is 1. The molecule has 1 atom stereocenters. The van der Waals surface area contributed by atoms with E-state index in [9.17, 15) is 14.4 Å². The number of ether oxygens (including phenoxy) is 1. The molecule has 0 fully saturated rings. The minimum Gasteiger partial charge on any atom is -0.619 e. The van der Waals surface area contributed by atoms with E-state index in [4.69, 9.17) is 16.3 Å². The Balaban J connectivity index is 1.95. The largest absolute Gasteiger partial charge is 0.619 e. The number of carbonyl (C=O) groups is 1. The van der Waals surface area contributed by atoms with Gasteiger partial charge in [-0.25, -0.2) is 0 Å². The van der Waals surface area contributed by atoms with Gasteiger partial charge in [0, 0.05) is 29.8 Å². The molecule has 160 valence electrons. The quantitative estimate of drug-likeness (QED) is 0.302. The average Bonchev–Trinajstić information content (AvgIpc) is 3.10. The number of aromatic nitrogens is 2. The number of carbonyl (C=O) groups excluding carboxylic acids is 1. The number of H-pyrrole nitrogens is 1. The van der Waals surface area contributed by atoms with E-state index in [1.54, 1.807) is 24.3 Å². The molecule has 0 spiro atoms. The number of hydrogen-bond donors (Lipinski definition) is 3. The Morgan fingerprint density at radius 1 is 1.45 bits per heavy atom. The Kier molecular flexibility index (Phi) is 5.56. The van der Waals surface area contributed by atoms with Crippen molar-refractivity contribution in [2.45, 2.75) is 12.3 Å². The summed E-state index contributed by atoms with van der Waals surface area (Å²) in [6, 6.07) is 6.51. The summed E-state index contributed by atoms with van der Waals surface area (Å²) in [5.74, 6) is -0.693. The molecule has 1 aliphatic heterocycles. The summed E-state index contributed by atoms with van der Waals surface area (Å²) in [5.41, 5.74) is 2.40. The minimum atomic E-state index is -0.724. The molecule has 1 amide bonds. The van der Waals surface area contributed by atoms with Gasteiger partial charge in [-0.05, 0) is 18.6 Å². The molecule has 2 aromatic heterocycles.